The number of H-pyrrole nitrogens is 1. The van der Waals surface area contributed by atoms with Gasteiger partial charge in [-0.25, -0.2) is 0 Å². The number of aromatic nitrogens is 4. The highest BCUT2D eigenvalue weighted by atomic mass is 16.5. The van der Waals surface area contributed by atoms with E-state index in [0.717, 1.165) is 37.3 Å². The summed E-state index contributed by atoms with van der Waals surface area (Å²) in [6.45, 7) is 3.35. The van der Waals surface area contributed by atoms with Crippen molar-refractivity contribution in [1.29, 1.82) is 5.26 Å². The first-order valence-electron chi connectivity index (χ1n) is 7.48. The normalized spacial score (nSPS) is 21.5. The molecule has 116 valence electrons. The first kappa shape index (κ1) is 14.6. The van der Waals surface area contributed by atoms with Crippen LogP contribution >= 0.6 is 0 Å². The fourth-order valence-corrected chi connectivity index (χ4v) is 2.93. The summed E-state index contributed by atoms with van der Waals surface area (Å²) in [5.74, 6) is 0.956. The topological polar surface area (TPSA) is 91.5 Å². The molecule has 2 atom stereocenters. The van der Waals surface area contributed by atoms with Crippen LogP contribution in [0.4, 0.5) is 5.82 Å². The van der Waals surface area contributed by atoms with Crippen molar-refractivity contribution >= 4 is 5.82 Å². The molecule has 0 unspecified atom stereocenters. The number of rotatable bonds is 4. The van der Waals surface area contributed by atoms with Crippen LogP contribution < -0.4 is 5.32 Å². The van der Waals surface area contributed by atoms with Crippen molar-refractivity contribution in [3.05, 3.63) is 29.2 Å². The molecule has 7 heteroatoms. The first-order chi connectivity index (χ1) is 10.7. The molecule has 3 heterocycles. The van der Waals surface area contributed by atoms with Crippen molar-refractivity contribution < 1.29 is 4.74 Å². The highest BCUT2D eigenvalue weighted by molar-refractivity contribution is 5.53. The second-order valence-electron chi connectivity index (χ2n) is 5.71. The molecule has 1 aliphatic heterocycles. The minimum Gasteiger partial charge on any atom is -0.373 e. The maximum atomic E-state index is 9.17. The second-order valence-corrected chi connectivity index (χ2v) is 5.71. The number of nitrogens with one attached hydrogen (secondary N) is 2. The van der Waals surface area contributed by atoms with Gasteiger partial charge in [-0.2, -0.15) is 15.5 Å². The summed E-state index contributed by atoms with van der Waals surface area (Å²) >= 11 is 0. The molecule has 0 aliphatic carbocycles. The van der Waals surface area contributed by atoms with Crippen molar-refractivity contribution in [2.45, 2.75) is 25.9 Å². The molecule has 0 radical (unpaired) electrons. The van der Waals surface area contributed by atoms with Crippen molar-refractivity contribution in [3.8, 4) is 6.07 Å². The van der Waals surface area contributed by atoms with Crippen LogP contribution in [0.5, 0.6) is 0 Å². The van der Waals surface area contributed by atoms with E-state index in [4.69, 9.17) is 4.74 Å². The monoisotopic (exact) mass is 300 g/mol. The summed E-state index contributed by atoms with van der Waals surface area (Å²) in [7, 11) is 1.91. The van der Waals surface area contributed by atoms with Gasteiger partial charge >= 0.3 is 0 Å². The Hall–Kier alpha value is -2.33. The molecule has 0 saturated carbocycles. The number of aromatic amines is 1. The van der Waals surface area contributed by atoms with Gasteiger partial charge in [-0.3, -0.25) is 9.78 Å². The second kappa shape index (κ2) is 6.20. The van der Waals surface area contributed by atoms with Crippen LogP contribution in [0.1, 0.15) is 35.8 Å². The van der Waals surface area contributed by atoms with Crippen LogP contribution in [0, 0.1) is 24.2 Å². The van der Waals surface area contributed by atoms with Crippen molar-refractivity contribution in [3.63, 3.8) is 0 Å². The minimum absolute atomic E-state index is 0.0422. The summed E-state index contributed by atoms with van der Waals surface area (Å²) in [4.78, 5) is 0. The maximum Gasteiger partial charge on any atom is 0.166 e. The standard InChI is InChI=1S/C15H20N6O/c1-10-13(6-16)15(20-19-10)17-7-11-4-3-5-22-14(11)12-8-18-21(2)9-12/h8-9,11,14H,3-5,7H2,1-2H3,(H2,17,19,20)/t11-,14+/m0/s1. The van der Waals surface area contributed by atoms with E-state index in [1.54, 1.807) is 4.68 Å². The lowest BCUT2D eigenvalue weighted by Crippen LogP contribution is -2.28. The van der Waals surface area contributed by atoms with Gasteiger partial charge in [0.1, 0.15) is 11.6 Å². The van der Waals surface area contributed by atoms with E-state index in [-0.39, 0.29) is 6.10 Å². The number of nitriles is 1. The van der Waals surface area contributed by atoms with E-state index in [9.17, 15) is 5.26 Å². The molecule has 2 aromatic rings. The van der Waals surface area contributed by atoms with E-state index >= 15 is 0 Å². The fourth-order valence-electron chi connectivity index (χ4n) is 2.93. The van der Waals surface area contributed by atoms with E-state index in [1.807, 2.05) is 26.4 Å². The summed E-state index contributed by atoms with van der Waals surface area (Å²) in [5, 5.41) is 23.7. The van der Waals surface area contributed by atoms with Gasteiger partial charge in [0.2, 0.25) is 0 Å². The Morgan fingerprint density at radius 2 is 2.45 bits per heavy atom. The van der Waals surface area contributed by atoms with E-state index in [2.05, 4.69) is 26.7 Å². The number of nitrogens with zero attached hydrogens (tertiary/aromatic N) is 4. The maximum absolute atomic E-state index is 9.17. The van der Waals surface area contributed by atoms with Gasteiger partial charge in [0.15, 0.2) is 5.82 Å². The molecule has 2 aromatic heterocycles. The molecule has 1 fully saturated rings. The minimum atomic E-state index is 0.0422. The van der Waals surface area contributed by atoms with Crippen LogP contribution in [0.15, 0.2) is 12.4 Å². The van der Waals surface area contributed by atoms with Crippen LogP contribution in [0.3, 0.4) is 0 Å². The van der Waals surface area contributed by atoms with Crippen LogP contribution in [-0.4, -0.2) is 33.1 Å². The Morgan fingerprint density at radius 3 is 3.18 bits per heavy atom. The summed E-state index contributed by atoms with van der Waals surface area (Å²) in [6.07, 6.45) is 6.04. The lowest BCUT2D eigenvalue weighted by atomic mass is 9.91. The SMILES string of the molecule is Cc1[nH]nc(NC[C@@H]2CCCO[C@H]2c2cnn(C)c2)c1C#N. The highest BCUT2D eigenvalue weighted by Gasteiger charge is 2.28. The molecule has 3 rings (SSSR count). The number of hydrogen-bond donors (Lipinski definition) is 2. The molecule has 1 saturated heterocycles. The molecule has 7 nitrogen and oxygen atoms in total. The number of ether oxygens (including phenoxy) is 1. The fraction of sp³-hybridized carbons (Fsp3) is 0.533. The number of anilines is 1. The molecule has 0 amide bonds. The Bertz CT molecular complexity index is 683. The van der Waals surface area contributed by atoms with E-state index < -0.39 is 0 Å². The largest absolute Gasteiger partial charge is 0.373 e. The molecular weight excluding hydrogens is 280 g/mol. The zero-order chi connectivity index (χ0) is 15.5. The lowest BCUT2D eigenvalue weighted by molar-refractivity contribution is -0.0239. The summed E-state index contributed by atoms with van der Waals surface area (Å²) in [6, 6.07) is 2.18. The van der Waals surface area contributed by atoms with Crippen molar-refractivity contribution in [2.24, 2.45) is 13.0 Å². The molecular formula is C15H20N6O. The van der Waals surface area contributed by atoms with Gasteiger partial charge < -0.3 is 10.1 Å². The molecule has 0 aromatic carbocycles. The van der Waals surface area contributed by atoms with E-state index in [0.29, 0.717) is 17.3 Å². The molecule has 2 N–H and O–H groups in total. The Labute approximate surface area is 129 Å². The Morgan fingerprint density at radius 1 is 1.59 bits per heavy atom. The summed E-state index contributed by atoms with van der Waals surface area (Å²) in [5.41, 5.74) is 2.47. The van der Waals surface area contributed by atoms with Crippen molar-refractivity contribution in [1.82, 2.24) is 20.0 Å². The first-order valence-corrected chi connectivity index (χ1v) is 7.48. The molecule has 0 bridgehead atoms. The predicted molar refractivity (Wildman–Crippen MR) is 81.2 cm³/mol. The van der Waals surface area contributed by atoms with Gasteiger partial charge in [-0.05, 0) is 19.8 Å². The highest BCUT2D eigenvalue weighted by Crippen LogP contribution is 2.33. The van der Waals surface area contributed by atoms with Crippen molar-refractivity contribution in [2.75, 3.05) is 18.5 Å². The van der Waals surface area contributed by atoms with Crippen LogP contribution in [0.2, 0.25) is 0 Å². The number of hydrogen-bond acceptors (Lipinski definition) is 5. The average molecular weight is 300 g/mol. The molecule has 1 aliphatic rings. The average Bonchev–Trinajstić information content (AvgIpc) is 3.11. The molecule has 22 heavy (non-hydrogen) atoms. The third-order valence-corrected chi connectivity index (χ3v) is 4.09. The van der Waals surface area contributed by atoms with Gasteiger partial charge in [0.05, 0.1) is 18.0 Å². The van der Waals surface area contributed by atoms with Gasteiger partial charge in [-0.1, -0.05) is 0 Å². The van der Waals surface area contributed by atoms with Crippen LogP contribution in [-0.2, 0) is 11.8 Å². The third kappa shape index (κ3) is 2.83. The quantitative estimate of drug-likeness (QED) is 0.900. The zero-order valence-corrected chi connectivity index (χ0v) is 12.8. The third-order valence-electron chi connectivity index (χ3n) is 4.09. The summed E-state index contributed by atoms with van der Waals surface area (Å²) < 4.78 is 7.75. The van der Waals surface area contributed by atoms with E-state index in [1.165, 1.54) is 0 Å². The Balaban J connectivity index is 1.71. The van der Waals surface area contributed by atoms with Gasteiger partial charge in [0.25, 0.3) is 0 Å². The Kier molecular flexibility index (Phi) is 4.11. The molecule has 0 spiro atoms. The zero-order valence-electron chi connectivity index (χ0n) is 12.8. The van der Waals surface area contributed by atoms with Gasteiger partial charge in [0, 0.05) is 37.9 Å². The lowest BCUT2D eigenvalue weighted by Gasteiger charge is -2.31. The number of aryl methyl sites for hydroxylation is 2. The van der Waals surface area contributed by atoms with Gasteiger partial charge in [-0.15, -0.1) is 0 Å². The van der Waals surface area contributed by atoms with Crippen LogP contribution in [0.25, 0.3) is 0 Å². The predicted octanol–water partition coefficient (Wildman–Crippen LogP) is 1.90. The smallest absolute Gasteiger partial charge is 0.166 e.